The summed E-state index contributed by atoms with van der Waals surface area (Å²) in [6.07, 6.45) is 0. The largest absolute Gasteiger partial charge is 0.340 e. The van der Waals surface area contributed by atoms with Gasteiger partial charge in [-0.2, -0.15) is 4.31 Å². The summed E-state index contributed by atoms with van der Waals surface area (Å²) in [7, 11) is -2.03. The quantitative estimate of drug-likeness (QED) is 0.749. The van der Waals surface area contributed by atoms with E-state index < -0.39 is 10.0 Å². The molecule has 1 amide bonds. The van der Waals surface area contributed by atoms with Crippen molar-refractivity contribution in [1.29, 1.82) is 0 Å². The smallest absolute Gasteiger partial charge is 0.243 e. The molecule has 2 aromatic carbocycles. The van der Waals surface area contributed by atoms with E-state index in [4.69, 9.17) is 0 Å². The third kappa shape index (κ3) is 4.71. The number of likely N-dealkylation sites (N-methyl/N-ethyl adjacent to an activating group) is 2. The van der Waals surface area contributed by atoms with Gasteiger partial charge in [0.1, 0.15) is 0 Å². The number of nitrogens with zero attached hydrogens (tertiary/aromatic N) is 2. The van der Waals surface area contributed by atoms with Crippen molar-refractivity contribution in [1.82, 2.24) is 9.21 Å². The summed E-state index contributed by atoms with van der Waals surface area (Å²) in [5, 5.41) is 0. The maximum absolute atomic E-state index is 13.0. The normalized spacial score (nSPS) is 11.6. The van der Waals surface area contributed by atoms with Gasteiger partial charge in [0.05, 0.1) is 11.4 Å². The lowest BCUT2D eigenvalue weighted by Gasteiger charge is -2.24. The fourth-order valence-electron chi connectivity index (χ4n) is 2.71. The molecule has 2 rings (SSSR count). The molecule has 0 fully saturated rings. The van der Waals surface area contributed by atoms with Crippen LogP contribution < -0.4 is 0 Å². The van der Waals surface area contributed by atoms with E-state index in [0.29, 0.717) is 12.1 Å². The van der Waals surface area contributed by atoms with E-state index in [2.05, 4.69) is 0 Å². The van der Waals surface area contributed by atoms with Crippen LogP contribution in [-0.4, -0.2) is 43.7 Å². The minimum absolute atomic E-state index is 0.171. The first-order chi connectivity index (χ1) is 12.3. The molecule has 0 saturated heterocycles. The van der Waals surface area contributed by atoms with Crippen molar-refractivity contribution in [3.63, 3.8) is 0 Å². The molecule has 0 heterocycles. The van der Waals surface area contributed by atoms with Crippen LogP contribution in [0.3, 0.4) is 0 Å². The van der Waals surface area contributed by atoms with Crippen LogP contribution in [0.15, 0.2) is 53.4 Å². The van der Waals surface area contributed by atoms with Gasteiger partial charge in [0.2, 0.25) is 15.9 Å². The topological polar surface area (TPSA) is 57.7 Å². The predicted molar refractivity (Wildman–Crippen MR) is 103 cm³/mol. The van der Waals surface area contributed by atoms with Crippen molar-refractivity contribution in [3.8, 4) is 0 Å². The summed E-state index contributed by atoms with van der Waals surface area (Å²) in [5.74, 6) is -0.232. The summed E-state index contributed by atoms with van der Waals surface area (Å²) in [5.41, 5.74) is 2.56. The predicted octanol–water partition coefficient (Wildman–Crippen LogP) is 2.97. The lowest BCUT2D eigenvalue weighted by atomic mass is 10.2. The van der Waals surface area contributed by atoms with E-state index in [9.17, 15) is 13.2 Å². The molecule has 0 spiro atoms. The first kappa shape index (κ1) is 20.1. The molecule has 0 bridgehead atoms. The Morgan fingerprint density at radius 2 is 1.69 bits per heavy atom. The van der Waals surface area contributed by atoms with Crippen molar-refractivity contribution in [2.75, 3.05) is 20.1 Å². The number of hydrogen-bond donors (Lipinski definition) is 0. The Bertz CT molecular complexity index is 864. The lowest BCUT2D eigenvalue weighted by molar-refractivity contribution is -0.130. The van der Waals surface area contributed by atoms with Crippen LogP contribution in [0.5, 0.6) is 0 Å². The van der Waals surface area contributed by atoms with Gasteiger partial charge in [0.15, 0.2) is 0 Å². The number of rotatable bonds is 7. The zero-order valence-electron chi connectivity index (χ0n) is 15.8. The molecule has 6 heteroatoms. The van der Waals surface area contributed by atoms with E-state index in [-0.39, 0.29) is 23.9 Å². The molecule has 0 aromatic heterocycles. The second-order valence-corrected chi connectivity index (χ2v) is 8.34. The molecule has 140 valence electrons. The van der Waals surface area contributed by atoms with Crippen LogP contribution in [0.2, 0.25) is 0 Å². The number of sulfonamides is 1. The highest BCUT2D eigenvalue weighted by atomic mass is 32.2. The van der Waals surface area contributed by atoms with Crippen LogP contribution >= 0.6 is 0 Å². The maximum atomic E-state index is 13.0. The van der Waals surface area contributed by atoms with Crippen molar-refractivity contribution in [3.05, 3.63) is 65.2 Å². The Labute approximate surface area is 156 Å². The maximum Gasteiger partial charge on any atom is 0.243 e. The molecule has 0 radical (unpaired) electrons. The Morgan fingerprint density at radius 1 is 1.04 bits per heavy atom. The average Bonchev–Trinajstić information content (AvgIpc) is 2.62. The molecular formula is C20H26N2O3S. The molecule has 2 aromatic rings. The van der Waals surface area contributed by atoms with Gasteiger partial charge in [-0.3, -0.25) is 4.79 Å². The first-order valence-electron chi connectivity index (χ1n) is 8.61. The Morgan fingerprint density at radius 3 is 2.31 bits per heavy atom. The molecule has 5 nitrogen and oxygen atoms in total. The molecule has 0 aliphatic rings. The second-order valence-electron chi connectivity index (χ2n) is 6.44. The van der Waals surface area contributed by atoms with E-state index in [1.54, 1.807) is 37.9 Å². The highest BCUT2D eigenvalue weighted by Gasteiger charge is 2.27. The van der Waals surface area contributed by atoms with E-state index in [1.165, 1.54) is 4.31 Å². The molecule has 0 aliphatic carbocycles. The molecule has 0 unspecified atom stereocenters. The Kier molecular flexibility index (Phi) is 6.56. The van der Waals surface area contributed by atoms with Gasteiger partial charge in [0.25, 0.3) is 0 Å². The Balaban J connectivity index is 2.17. The van der Waals surface area contributed by atoms with Crippen molar-refractivity contribution >= 4 is 15.9 Å². The van der Waals surface area contributed by atoms with Crippen LogP contribution in [0.4, 0.5) is 0 Å². The summed E-state index contributed by atoms with van der Waals surface area (Å²) < 4.78 is 27.3. The molecule has 0 saturated carbocycles. The minimum atomic E-state index is -3.72. The van der Waals surface area contributed by atoms with Crippen molar-refractivity contribution < 1.29 is 13.2 Å². The second kappa shape index (κ2) is 8.47. The van der Waals surface area contributed by atoms with Crippen molar-refractivity contribution in [2.45, 2.75) is 32.2 Å². The van der Waals surface area contributed by atoms with Gasteiger partial charge in [-0.15, -0.1) is 0 Å². The number of benzene rings is 2. The van der Waals surface area contributed by atoms with Gasteiger partial charge in [0, 0.05) is 20.1 Å². The lowest BCUT2D eigenvalue weighted by Crippen LogP contribution is -2.41. The molecular weight excluding hydrogens is 348 g/mol. The van der Waals surface area contributed by atoms with Gasteiger partial charge in [-0.05, 0) is 36.6 Å². The number of carbonyl (C=O) groups excluding carboxylic acids is 1. The highest BCUT2D eigenvalue weighted by Crippen LogP contribution is 2.21. The third-order valence-electron chi connectivity index (χ3n) is 4.31. The highest BCUT2D eigenvalue weighted by molar-refractivity contribution is 7.89. The van der Waals surface area contributed by atoms with Gasteiger partial charge < -0.3 is 4.90 Å². The minimum Gasteiger partial charge on any atom is -0.340 e. The SMILES string of the molecule is CCN(CC(=O)N(C)Cc1ccccc1)S(=O)(=O)c1cc(C)ccc1C. The fourth-order valence-corrected chi connectivity index (χ4v) is 4.42. The zero-order valence-corrected chi connectivity index (χ0v) is 16.6. The summed E-state index contributed by atoms with van der Waals surface area (Å²) in [6.45, 7) is 5.88. The molecule has 0 aliphatic heterocycles. The molecule has 0 N–H and O–H groups in total. The molecule has 26 heavy (non-hydrogen) atoms. The van der Waals surface area contributed by atoms with Gasteiger partial charge >= 0.3 is 0 Å². The fraction of sp³-hybridized carbons (Fsp3) is 0.350. The van der Waals surface area contributed by atoms with E-state index in [1.807, 2.05) is 43.3 Å². The van der Waals surface area contributed by atoms with Gasteiger partial charge in [-0.1, -0.05) is 49.4 Å². The standard InChI is InChI=1S/C20H26N2O3S/c1-5-22(26(24,25)19-13-16(2)11-12-17(19)3)15-20(23)21(4)14-18-9-7-6-8-10-18/h6-13H,5,14-15H2,1-4H3. The third-order valence-corrected chi connectivity index (χ3v) is 6.38. The van der Waals surface area contributed by atoms with Crippen molar-refractivity contribution in [2.24, 2.45) is 0 Å². The number of aryl methyl sites for hydroxylation is 2. The van der Waals surface area contributed by atoms with Crippen LogP contribution in [0, 0.1) is 13.8 Å². The summed E-state index contributed by atoms with van der Waals surface area (Å²) >= 11 is 0. The van der Waals surface area contributed by atoms with Crippen LogP contribution in [0.1, 0.15) is 23.6 Å². The average molecular weight is 375 g/mol. The zero-order chi connectivity index (χ0) is 19.3. The van der Waals surface area contributed by atoms with Crippen LogP contribution in [0.25, 0.3) is 0 Å². The first-order valence-corrected chi connectivity index (χ1v) is 10.0. The van der Waals surface area contributed by atoms with E-state index in [0.717, 1.165) is 11.1 Å². The summed E-state index contributed by atoms with van der Waals surface area (Å²) in [4.78, 5) is 14.4. The van der Waals surface area contributed by atoms with Crippen LogP contribution in [-0.2, 0) is 21.4 Å². The molecule has 0 atom stereocenters. The monoisotopic (exact) mass is 374 g/mol. The number of hydrogen-bond acceptors (Lipinski definition) is 3. The Hall–Kier alpha value is -2.18. The van der Waals surface area contributed by atoms with Gasteiger partial charge in [-0.25, -0.2) is 8.42 Å². The number of carbonyl (C=O) groups is 1. The van der Waals surface area contributed by atoms with E-state index >= 15 is 0 Å². The number of amides is 1. The summed E-state index contributed by atoms with van der Waals surface area (Å²) in [6, 6.07) is 14.9.